The van der Waals surface area contributed by atoms with Crippen LogP contribution in [0, 0.1) is 11.8 Å². The molecule has 0 aromatic carbocycles. The minimum absolute atomic E-state index is 0.102. The Bertz CT molecular complexity index is 312. The summed E-state index contributed by atoms with van der Waals surface area (Å²) in [5.41, 5.74) is 0. The van der Waals surface area contributed by atoms with Crippen molar-refractivity contribution < 1.29 is 21.6 Å². The molecule has 1 saturated carbocycles. The molecule has 7 heteroatoms. The van der Waals surface area contributed by atoms with Crippen LogP contribution in [-0.4, -0.2) is 20.3 Å². The van der Waals surface area contributed by atoms with Crippen LogP contribution in [-0.2, 0) is 10.0 Å². The molecule has 0 aromatic rings. The van der Waals surface area contributed by atoms with Gasteiger partial charge in [0.1, 0.15) is 0 Å². The van der Waals surface area contributed by atoms with Crippen molar-refractivity contribution in [1.29, 1.82) is 0 Å². The maximum Gasteiger partial charge on any atom is 0.391 e. The lowest BCUT2D eigenvalue weighted by molar-refractivity contribution is -0.185. The second-order valence-electron chi connectivity index (χ2n) is 4.10. The third-order valence-electron chi connectivity index (χ3n) is 2.71. The SMILES string of the molecule is NS(=O)(=O)CC1CCCC(C(F)(F)F)C1. The van der Waals surface area contributed by atoms with Gasteiger partial charge in [0.2, 0.25) is 10.0 Å². The van der Waals surface area contributed by atoms with Crippen molar-refractivity contribution in [1.82, 2.24) is 0 Å². The van der Waals surface area contributed by atoms with E-state index < -0.39 is 28.0 Å². The summed E-state index contributed by atoms with van der Waals surface area (Å²) in [4.78, 5) is 0. The van der Waals surface area contributed by atoms with Crippen LogP contribution >= 0.6 is 0 Å². The third kappa shape index (κ3) is 4.38. The molecule has 2 atom stereocenters. The first-order valence-corrected chi connectivity index (χ1v) is 6.47. The largest absolute Gasteiger partial charge is 0.391 e. The number of hydrogen-bond donors (Lipinski definition) is 1. The lowest BCUT2D eigenvalue weighted by Crippen LogP contribution is -2.32. The second-order valence-corrected chi connectivity index (χ2v) is 5.76. The van der Waals surface area contributed by atoms with E-state index in [0.29, 0.717) is 12.8 Å². The predicted molar refractivity (Wildman–Crippen MR) is 49.5 cm³/mol. The summed E-state index contributed by atoms with van der Waals surface area (Å²) in [6.45, 7) is 0. The standard InChI is InChI=1S/C8H14F3NO2S/c9-8(10,11)7-3-1-2-6(4-7)5-15(12,13)14/h6-7H,1-5H2,(H2,12,13,14). The third-order valence-corrected chi connectivity index (χ3v) is 3.65. The topological polar surface area (TPSA) is 60.2 Å². The summed E-state index contributed by atoms with van der Waals surface area (Å²) in [5.74, 6) is -2.14. The fraction of sp³-hybridized carbons (Fsp3) is 1.00. The second kappa shape index (κ2) is 4.29. The molecule has 0 amide bonds. The quantitative estimate of drug-likeness (QED) is 0.804. The monoisotopic (exact) mass is 245 g/mol. The minimum Gasteiger partial charge on any atom is -0.229 e. The first kappa shape index (κ1) is 12.8. The van der Waals surface area contributed by atoms with E-state index in [9.17, 15) is 21.6 Å². The first-order chi connectivity index (χ1) is 6.68. The Morgan fingerprint density at radius 1 is 1.27 bits per heavy atom. The van der Waals surface area contributed by atoms with E-state index in [1.807, 2.05) is 0 Å². The molecule has 1 rings (SSSR count). The zero-order valence-corrected chi connectivity index (χ0v) is 8.94. The number of halogens is 3. The molecule has 0 aromatic heterocycles. The summed E-state index contributed by atoms with van der Waals surface area (Å²) >= 11 is 0. The van der Waals surface area contributed by atoms with Gasteiger partial charge in [-0.15, -0.1) is 0 Å². The van der Waals surface area contributed by atoms with Gasteiger partial charge in [0.05, 0.1) is 11.7 Å². The maximum absolute atomic E-state index is 12.4. The Labute approximate surface area is 86.9 Å². The molecular weight excluding hydrogens is 231 g/mol. The van der Waals surface area contributed by atoms with Crippen LogP contribution < -0.4 is 5.14 Å². The Kier molecular flexibility index (Phi) is 3.65. The van der Waals surface area contributed by atoms with E-state index in [2.05, 4.69) is 0 Å². The Hall–Kier alpha value is -0.300. The molecule has 1 aliphatic carbocycles. The number of hydrogen-bond acceptors (Lipinski definition) is 2. The predicted octanol–water partition coefficient (Wildman–Crippen LogP) is 1.64. The molecular formula is C8H14F3NO2S. The van der Waals surface area contributed by atoms with Gasteiger partial charge in [-0.25, -0.2) is 13.6 Å². The van der Waals surface area contributed by atoms with Gasteiger partial charge in [-0.3, -0.25) is 0 Å². The highest BCUT2D eigenvalue weighted by atomic mass is 32.2. The Morgan fingerprint density at radius 2 is 1.87 bits per heavy atom. The number of rotatable bonds is 2. The summed E-state index contributed by atoms with van der Waals surface area (Å²) in [5, 5.41) is 4.81. The maximum atomic E-state index is 12.4. The molecule has 15 heavy (non-hydrogen) atoms. The van der Waals surface area contributed by atoms with Gasteiger partial charge in [0, 0.05) is 0 Å². The zero-order valence-electron chi connectivity index (χ0n) is 8.13. The number of nitrogens with two attached hydrogens (primary N) is 1. The lowest BCUT2D eigenvalue weighted by Gasteiger charge is -2.29. The van der Waals surface area contributed by atoms with E-state index in [4.69, 9.17) is 5.14 Å². The number of sulfonamides is 1. The molecule has 2 N–H and O–H groups in total. The van der Waals surface area contributed by atoms with Gasteiger partial charge < -0.3 is 0 Å². The summed E-state index contributed by atoms with van der Waals surface area (Å²) < 4.78 is 58.6. The summed E-state index contributed by atoms with van der Waals surface area (Å²) in [6, 6.07) is 0. The van der Waals surface area contributed by atoms with Crippen molar-refractivity contribution in [2.24, 2.45) is 17.0 Å². The van der Waals surface area contributed by atoms with Crippen molar-refractivity contribution in [3.05, 3.63) is 0 Å². The van der Waals surface area contributed by atoms with Crippen LogP contribution in [0.4, 0.5) is 13.2 Å². The Morgan fingerprint density at radius 3 is 2.33 bits per heavy atom. The van der Waals surface area contributed by atoms with Crippen LogP contribution in [0.25, 0.3) is 0 Å². The molecule has 1 aliphatic rings. The molecule has 3 nitrogen and oxygen atoms in total. The van der Waals surface area contributed by atoms with Crippen LogP contribution in [0.15, 0.2) is 0 Å². The fourth-order valence-electron chi connectivity index (χ4n) is 2.07. The highest BCUT2D eigenvalue weighted by Crippen LogP contribution is 2.40. The molecule has 0 bridgehead atoms. The first-order valence-electron chi connectivity index (χ1n) is 4.75. The highest BCUT2D eigenvalue weighted by molar-refractivity contribution is 7.89. The normalized spacial score (nSPS) is 29.1. The summed E-state index contributed by atoms with van der Waals surface area (Å²) in [6.07, 6.45) is -3.28. The van der Waals surface area contributed by atoms with Gasteiger partial charge in [0.25, 0.3) is 0 Å². The summed E-state index contributed by atoms with van der Waals surface area (Å²) in [7, 11) is -3.66. The number of alkyl halides is 3. The number of primary sulfonamides is 1. The van der Waals surface area contributed by atoms with Crippen molar-refractivity contribution >= 4 is 10.0 Å². The van der Waals surface area contributed by atoms with Gasteiger partial charge in [-0.05, 0) is 25.2 Å². The van der Waals surface area contributed by atoms with Crippen molar-refractivity contribution in [2.45, 2.75) is 31.9 Å². The van der Waals surface area contributed by atoms with Crippen molar-refractivity contribution in [3.63, 3.8) is 0 Å². The Balaban J connectivity index is 2.57. The molecule has 0 spiro atoms. The van der Waals surface area contributed by atoms with E-state index in [-0.39, 0.29) is 18.6 Å². The van der Waals surface area contributed by atoms with Crippen molar-refractivity contribution in [3.8, 4) is 0 Å². The smallest absolute Gasteiger partial charge is 0.229 e. The van der Waals surface area contributed by atoms with Gasteiger partial charge in [-0.1, -0.05) is 6.42 Å². The van der Waals surface area contributed by atoms with Crippen molar-refractivity contribution in [2.75, 3.05) is 5.75 Å². The zero-order chi connectivity index (χ0) is 11.7. The van der Waals surface area contributed by atoms with Gasteiger partial charge in [0.15, 0.2) is 0 Å². The van der Waals surface area contributed by atoms with Gasteiger partial charge in [-0.2, -0.15) is 13.2 Å². The lowest BCUT2D eigenvalue weighted by atomic mass is 9.82. The van der Waals surface area contributed by atoms with Crippen LogP contribution in [0.2, 0.25) is 0 Å². The molecule has 2 unspecified atom stereocenters. The molecule has 0 aliphatic heterocycles. The molecule has 0 heterocycles. The van der Waals surface area contributed by atoms with Crippen LogP contribution in [0.3, 0.4) is 0 Å². The van der Waals surface area contributed by atoms with Crippen LogP contribution in [0.5, 0.6) is 0 Å². The average Bonchev–Trinajstić information content (AvgIpc) is 1.99. The molecule has 0 radical (unpaired) electrons. The molecule has 1 fully saturated rings. The van der Waals surface area contributed by atoms with E-state index >= 15 is 0 Å². The fourth-order valence-corrected chi connectivity index (χ4v) is 3.03. The average molecular weight is 245 g/mol. The van der Waals surface area contributed by atoms with E-state index in [1.165, 1.54) is 0 Å². The van der Waals surface area contributed by atoms with Gasteiger partial charge >= 0.3 is 6.18 Å². The van der Waals surface area contributed by atoms with E-state index in [1.54, 1.807) is 0 Å². The molecule has 0 saturated heterocycles. The van der Waals surface area contributed by atoms with Crippen LogP contribution in [0.1, 0.15) is 25.7 Å². The minimum atomic E-state index is -4.21. The molecule has 90 valence electrons. The highest BCUT2D eigenvalue weighted by Gasteiger charge is 2.42. The van der Waals surface area contributed by atoms with E-state index in [0.717, 1.165) is 0 Å².